The van der Waals surface area contributed by atoms with Crippen molar-refractivity contribution in [3.63, 3.8) is 0 Å². The molecule has 0 saturated carbocycles. The van der Waals surface area contributed by atoms with Crippen LogP contribution < -0.4 is 4.74 Å². The number of hydrogen-bond acceptors (Lipinski definition) is 2. The molecular formula is C22H30O2. The molecular weight excluding hydrogens is 296 g/mol. The maximum absolute atomic E-state index is 10.5. The van der Waals surface area contributed by atoms with E-state index in [0.29, 0.717) is 6.61 Å². The number of ether oxygens (including phenoxy) is 1. The van der Waals surface area contributed by atoms with Gasteiger partial charge in [0.2, 0.25) is 0 Å². The molecule has 2 nitrogen and oxygen atoms in total. The van der Waals surface area contributed by atoms with E-state index in [1.807, 2.05) is 42.5 Å². The quantitative estimate of drug-likeness (QED) is 0.509. The minimum atomic E-state index is -0.442. The maximum Gasteiger partial charge on any atom is 0.125 e. The van der Waals surface area contributed by atoms with Crippen molar-refractivity contribution in [2.75, 3.05) is 0 Å². The van der Waals surface area contributed by atoms with Gasteiger partial charge in [-0.3, -0.25) is 0 Å². The first kappa shape index (κ1) is 18.5. The number of aliphatic hydroxyl groups excluding tert-OH is 1. The summed E-state index contributed by atoms with van der Waals surface area (Å²) in [5.74, 6) is 0.792. The van der Waals surface area contributed by atoms with Crippen LogP contribution in [-0.2, 0) is 6.61 Å². The van der Waals surface area contributed by atoms with Gasteiger partial charge >= 0.3 is 0 Å². The summed E-state index contributed by atoms with van der Waals surface area (Å²) >= 11 is 0. The van der Waals surface area contributed by atoms with Crippen LogP contribution in [0.3, 0.4) is 0 Å². The molecule has 2 rings (SSSR count). The molecule has 1 N–H and O–H groups in total. The lowest BCUT2D eigenvalue weighted by Crippen LogP contribution is -2.03. The normalized spacial score (nSPS) is 12.1. The van der Waals surface area contributed by atoms with Gasteiger partial charge in [-0.05, 0) is 18.1 Å². The van der Waals surface area contributed by atoms with Crippen molar-refractivity contribution in [2.45, 2.75) is 64.6 Å². The zero-order valence-electron chi connectivity index (χ0n) is 14.8. The SMILES string of the molecule is CCCCCCCCC(O)c1ccccc1OCc1ccccc1. The molecule has 0 aliphatic carbocycles. The molecule has 2 aromatic carbocycles. The van der Waals surface area contributed by atoms with Crippen molar-refractivity contribution in [2.24, 2.45) is 0 Å². The van der Waals surface area contributed by atoms with E-state index in [9.17, 15) is 5.11 Å². The monoisotopic (exact) mass is 326 g/mol. The van der Waals surface area contributed by atoms with Crippen LogP contribution >= 0.6 is 0 Å². The number of aliphatic hydroxyl groups is 1. The molecule has 1 atom stereocenters. The third-order valence-electron chi connectivity index (χ3n) is 4.35. The molecule has 0 radical (unpaired) electrons. The summed E-state index contributed by atoms with van der Waals surface area (Å²) in [6, 6.07) is 18.0. The summed E-state index contributed by atoms with van der Waals surface area (Å²) in [6.07, 6.45) is 7.80. The average Bonchev–Trinajstić information content (AvgIpc) is 2.64. The van der Waals surface area contributed by atoms with Gasteiger partial charge in [-0.1, -0.05) is 94.0 Å². The minimum Gasteiger partial charge on any atom is -0.489 e. The van der Waals surface area contributed by atoms with Crippen molar-refractivity contribution >= 4 is 0 Å². The van der Waals surface area contributed by atoms with Crippen molar-refractivity contribution in [3.05, 3.63) is 65.7 Å². The van der Waals surface area contributed by atoms with E-state index in [2.05, 4.69) is 19.1 Å². The lowest BCUT2D eigenvalue weighted by molar-refractivity contribution is 0.156. The van der Waals surface area contributed by atoms with Crippen LogP contribution in [0, 0.1) is 0 Å². The van der Waals surface area contributed by atoms with E-state index in [1.54, 1.807) is 0 Å². The van der Waals surface area contributed by atoms with Crippen LogP contribution in [0.25, 0.3) is 0 Å². The van der Waals surface area contributed by atoms with Gasteiger partial charge in [0.15, 0.2) is 0 Å². The molecule has 0 saturated heterocycles. The first-order valence-electron chi connectivity index (χ1n) is 9.25. The van der Waals surface area contributed by atoms with Gasteiger partial charge < -0.3 is 9.84 Å². The zero-order chi connectivity index (χ0) is 17.0. The lowest BCUT2D eigenvalue weighted by atomic mass is 10.0. The Morgan fingerprint density at radius 1 is 0.833 bits per heavy atom. The van der Waals surface area contributed by atoms with Crippen LogP contribution in [0.1, 0.15) is 69.1 Å². The fourth-order valence-electron chi connectivity index (χ4n) is 2.90. The molecule has 0 fully saturated rings. The first-order chi connectivity index (χ1) is 11.8. The Kier molecular flexibility index (Phi) is 8.40. The fourth-order valence-corrected chi connectivity index (χ4v) is 2.90. The highest BCUT2D eigenvalue weighted by molar-refractivity contribution is 5.35. The predicted molar refractivity (Wildman–Crippen MR) is 100 cm³/mol. The molecule has 0 amide bonds. The summed E-state index contributed by atoms with van der Waals surface area (Å²) in [6.45, 7) is 2.76. The number of benzene rings is 2. The van der Waals surface area contributed by atoms with E-state index in [1.165, 1.54) is 32.1 Å². The lowest BCUT2D eigenvalue weighted by Gasteiger charge is -2.16. The molecule has 130 valence electrons. The van der Waals surface area contributed by atoms with E-state index in [-0.39, 0.29) is 0 Å². The van der Waals surface area contributed by atoms with Gasteiger partial charge in [0.05, 0.1) is 6.10 Å². The van der Waals surface area contributed by atoms with Crippen molar-refractivity contribution in [1.82, 2.24) is 0 Å². The third kappa shape index (κ3) is 6.37. The van der Waals surface area contributed by atoms with Gasteiger partial charge in [0.1, 0.15) is 12.4 Å². The number of para-hydroxylation sites is 1. The Balaban J connectivity index is 1.83. The fraction of sp³-hybridized carbons (Fsp3) is 0.455. The molecule has 0 heterocycles. The van der Waals surface area contributed by atoms with Crippen molar-refractivity contribution in [3.8, 4) is 5.75 Å². The van der Waals surface area contributed by atoms with E-state index in [0.717, 1.165) is 29.7 Å². The Hall–Kier alpha value is -1.80. The van der Waals surface area contributed by atoms with Crippen LogP contribution in [0.2, 0.25) is 0 Å². The van der Waals surface area contributed by atoms with E-state index >= 15 is 0 Å². The Labute approximate surface area is 146 Å². The maximum atomic E-state index is 10.5. The Bertz CT molecular complexity index is 565. The highest BCUT2D eigenvalue weighted by Gasteiger charge is 2.13. The standard InChI is InChI=1S/C22H30O2/c1-2-3-4-5-6-10-16-21(23)20-15-11-12-17-22(20)24-18-19-13-8-7-9-14-19/h7-9,11-15,17,21,23H,2-6,10,16,18H2,1H3. The van der Waals surface area contributed by atoms with E-state index in [4.69, 9.17) is 4.74 Å². The summed E-state index contributed by atoms with van der Waals surface area (Å²) < 4.78 is 5.94. The Morgan fingerprint density at radius 3 is 2.29 bits per heavy atom. The highest BCUT2D eigenvalue weighted by Crippen LogP contribution is 2.29. The molecule has 1 unspecified atom stereocenters. The van der Waals surface area contributed by atoms with Gasteiger partial charge in [0, 0.05) is 5.56 Å². The molecule has 2 aromatic rings. The molecule has 0 bridgehead atoms. The molecule has 24 heavy (non-hydrogen) atoms. The summed E-state index contributed by atoms with van der Waals surface area (Å²) in [5, 5.41) is 10.5. The molecule has 2 heteroatoms. The molecule has 0 spiro atoms. The van der Waals surface area contributed by atoms with Crippen molar-refractivity contribution < 1.29 is 9.84 Å². The smallest absolute Gasteiger partial charge is 0.125 e. The first-order valence-corrected chi connectivity index (χ1v) is 9.25. The summed E-state index contributed by atoms with van der Waals surface area (Å²) in [4.78, 5) is 0. The summed E-state index contributed by atoms with van der Waals surface area (Å²) in [5.41, 5.74) is 2.04. The Morgan fingerprint density at radius 2 is 1.50 bits per heavy atom. The van der Waals surface area contributed by atoms with Gasteiger partial charge in [-0.2, -0.15) is 0 Å². The largest absolute Gasteiger partial charge is 0.489 e. The summed E-state index contributed by atoms with van der Waals surface area (Å²) in [7, 11) is 0. The zero-order valence-corrected chi connectivity index (χ0v) is 14.8. The third-order valence-corrected chi connectivity index (χ3v) is 4.35. The number of hydrogen-bond donors (Lipinski definition) is 1. The molecule has 0 aliphatic rings. The molecule has 0 aromatic heterocycles. The second-order valence-electron chi connectivity index (χ2n) is 6.38. The van der Waals surface area contributed by atoms with Gasteiger partial charge in [0.25, 0.3) is 0 Å². The second kappa shape index (κ2) is 10.9. The molecule has 0 aliphatic heterocycles. The van der Waals surface area contributed by atoms with Crippen molar-refractivity contribution in [1.29, 1.82) is 0 Å². The number of unbranched alkanes of at least 4 members (excludes halogenated alkanes) is 5. The van der Waals surface area contributed by atoms with Crippen LogP contribution in [0.5, 0.6) is 5.75 Å². The topological polar surface area (TPSA) is 29.5 Å². The highest BCUT2D eigenvalue weighted by atomic mass is 16.5. The number of rotatable bonds is 11. The minimum absolute atomic E-state index is 0.442. The van der Waals surface area contributed by atoms with Gasteiger partial charge in [-0.15, -0.1) is 0 Å². The second-order valence-corrected chi connectivity index (χ2v) is 6.38. The van der Waals surface area contributed by atoms with Crippen LogP contribution in [-0.4, -0.2) is 5.11 Å². The van der Waals surface area contributed by atoms with Gasteiger partial charge in [-0.25, -0.2) is 0 Å². The van der Waals surface area contributed by atoms with Crippen LogP contribution in [0.4, 0.5) is 0 Å². The van der Waals surface area contributed by atoms with E-state index < -0.39 is 6.10 Å². The van der Waals surface area contributed by atoms with Crippen LogP contribution in [0.15, 0.2) is 54.6 Å². The predicted octanol–water partition coefficient (Wildman–Crippen LogP) is 6.05. The average molecular weight is 326 g/mol.